The topological polar surface area (TPSA) is 46.3 Å². The number of amides is 1. The van der Waals surface area contributed by atoms with E-state index < -0.39 is 0 Å². The molecule has 0 saturated carbocycles. The number of likely N-dealkylation sites (tertiary alicyclic amines) is 1. The molecule has 5 heteroatoms. The number of nitrogens with two attached hydrogens (primary N) is 1. The van der Waals surface area contributed by atoms with E-state index in [-0.39, 0.29) is 18.3 Å². The lowest BCUT2D eigenvalue weighted by molar-refractivity contribution is 0.0742. The molecule has 1 amide bonds. The number of carbonyl (C=O) groups excluding carboxylic acids is 1. The quantitative estimate of drug-likeness (QED) is 0.784. The van der Waals surface area contributed by atoms with E-state index in [9.17, 15) is 4.79 Å². The van der Waals surface area contributed by atoms with Crippen molar-refractivity contribution in [2.24, 2.45) is 11.7 Å². The Balaban J connectivity index is 0.00000180. The molecule has 0 aromatic heterocycles. The number of hydrogen-bond donors (Lipinski definition) is 1. The normalized spacial score (nSPS) is 22.2. The Labute approximate surface area is 134 Å². The molecule has 19 heavy (non-hydrogen) atoms. The smallest absolute Gasteiger partial charge is 0.255 e. The summed E-state index contributed by atoms with van der Waals surface area (Å²) in [6, 6.07) is 6.31. The van der Waals surface area contributed by atoms with Crippen LogP contribution < -0.4 is 5.73 Å². The Hall–Kier alpha value is -0.330. The standard InChI is InChI=1S/C14H19IN2O.ClH/c1-9-3-4-13(15)12(5-9)14(18)17-8-11(7-16)6-10(17)2;/h3-5,10-11H,6-8,16H2,1-2H3;1H. The first-order chi connectivity index (χ1) is 8.52. The van der Waals surface area contributed by atoms with Crippen LogP contribution in [0.4, 0.5) is 0 Å². The molecule has 1 heterocycles. The highest BCUT2D eigenvalue weighted by atomic mass is 127. The molecular formula is C14H20ClIN2O. The fourth-order valence-corrected chi connectivity index (χ4v) is 3.12. The van der Waals surface area contributed by atoms with Gasteiger partial charge in [0.25, 0.3) is 5.91 Å². The molecule has 2 atom stereocenters. The van der Waals surface area contributed by atoms with Gasteiger partial charge in [0.15, 0.2) is 0 Å². The van der Waals surface area contributed by atoms with Gasteiger partial charge in [0.1, 0.15) is 0 Å². The van der Waals surface area contributed by atoms with E-state index in [4.69, 9.17) is 5.73 Å². The van der Waals surface area contributed by atoms with Crippen LogP contribution >= 0.6 is 35.0 Å². The summed E-state index contributed by atoms with van der Waals surface area (Å²) in [5.41, 5.74) is 7.66. The molecule has 3 nitrogen and oxygen atoms in total. The molecule has 1 saturated heterocycles. The average molecular weight is 395 g/mol. The summed E-state index contributed by atoms with van der Waals surface area (Å²) < 4.78 is 1.02. The first-order valence-corrected chi connectivity index (χ1v) is 7.38. The number of rotatable bonds is 2. The van der Waals surface area contributed by atoms with E-state index in [0.29, 0.717) is 18.5 Å². The number of benzene rings is 1. The molecule has 0 radical (unpaired) electrons. The molecule has 1 aromatic rings. The Morgan fingerprint density at radius 2 is 2.21 bits per heavy atom. The molecule has 1 fully saturated rings. The highest BCUT2D eigenvalue weighted by Crippen LogP contribution is 2.26. The summed E-state index contributed by atoms with van der Waals surface area (Å²) in [7, 11) is 0. The average Bonchev–Trinajstić information content (AvgIpc) is 2.73. The lowest BCUT2D eigenvalue weighted by atomic mass is 10.1. The van der Waals surface area contributed by atoms with Gasteiger partial charge in [-0.3, -0.25) is 4.79 Å². The van der Waals surface area contributed by atoms with E-state index >= 15 is 0 Å². The largest absolute Gasteiger partial charge is 0.336 e. The molecule has 106 valence electrons. The Morgan fingerprint density at radius 3 is 2.79 bits per heavy atom. The summed E-state index contributed by atoms with van der Waals surface area (Å²) in [4.78, 5) is 14.5. The van der Waals surface area contributed by atoms with Crippen molar-refractivity contribution in [3.05, 3.63) is 32.9 Å². The van der Waals surface area contributed by atoms with Crippen molar-refractivity contribution >= 4 is 40.9 Å². The lowest BCUT2D eigenvalue weighted by Gasteiger charge is -2.22. The second kappa shape index (κ2) is 6.90. The second-order valence-corrected chi connectivity index (χ2v) is 6.29. The van der Waals surface area contributed by atoms with E-state index in [2.05, 4.69) is 29.5 Å². The molecule has 2 N–H and O–H groups in total. The van der Waals surface area contributed by atoms with Crippen molar-refractivity contribution in [2.75, 3.05) is 13.1 Å². The van der Waals surface area contributed by atoms with Crippen molar-refractivity contribution in [1.82, 2.24) is 4.90 Å². The third-order valence-corrected chi connectivity index (χ3v) is 4.55. The van der Waals surface area contributed by atoms with Gasteiger partial charge in [-0.25, -0.2) is 0 Å². The molecule has 0 spiro atoms. The van der Waals surface area contributed by atoms with Crippen LogP contribution in [0.2, 0.25) is 0 Å². The van der Waals surface area contributed by atoms with Crippen LogP contribution in [0.1, 0.15) is 29.3 Å². The van der Waals surface area contributed by atoms with Crippen LogP contribution in [0, 0.1) is 16.4 Å². The fourth-order valence-electron chi connectivity index (χ4n) is 2.55. The van der Waals surface area contributed by atoms with Crippen LogP contribution in [0.5, 0.6) is 0 Å². The molecule has 1 aliphatic heterocycles. The van der Waals surface area contributed by atoms with E-state index in [1.54, 1.807) is 0 Å². The summed E-state index contributed by atoms with van der Waals surface area (Å²) in [6.45, 7) is 5.58. The van der Waals surface area contributed by atoms with Gasteiger partial charge in [-0.15, -0.1) is 12.4 Å². The Kier molecular flexibility index (Phi) is 6.08. The number of nitrogens with zero attached hydrogens (tertiary/aromatic N) is 1. The number of hydrogen-bond acceptors (Lipinski definition) is 2. The first-order valence-electron chi connectivity index (χ1n) is 6.30. The maximum absolute atomic E-state index is 12.6. The van der Waals surface area contributed by atoms with E-state index in [1.807, 2.05) is 30.0 Å². The minimum Gasteiger partial charge on any atom is -0.336 e. The van der Waals surface area contributed by atoms with Gasteiger partial charge in [-0.2, -0.15) is 0 Å². The predicted molar refractivity (Wildman–Crippen MR) is 88.8 cm³/mol. The summed E-state index contributed by atoms with van der Waals surface area (Å²) >= 11 is 2.23. The molecule has 0 bridgehead atoms. The summed E-state index contributed by atoms with van der Waals surface area (Å²) in [5.74, 6) is 0.595. The zero-order valence-corrected chi connectivity index (χ0v) is 14.2. The summed E-state index contributed by atoms with van der Waals surface area (Å²) in [6.07, 6.45) is 1.02. The number of aryl methyl sites for hydroxylation is 1. The highest BCUT2D eigenvalue weighted by Gasteiger charge is 2.32. The number of halogens is 2. The van der Waals surface area contributed by atoms with Crippen LogP contribution in [-0.4, -0.2) is 29.9 Å². The monoisotopic (exact) mass is 394 g/mol. The molecule has 1 aliphatic rings. The van der Waals surface area contributed by atoms with Crippen LogP contribution in [0.25, 0.3) is 0 Å². The minimum atomic E-state index is 0. The van der Waals surface area contributed by atoms with Gasteiger partial charge in [0.05, 0.1) is 5.56 Å². The maximum Gasteiger partial charge on any atom is 0.255 e. The predicted octanol–water partition coefficient (Wildman–Crippen LogP) is 2.83. The van der Waals surface area contributed by atoms with Gasteiger partial charge in [-0.1, -0.05) is 11.6 Å². The SMILES string of the molecule is Cc1ccc(I)c(C(=O)N2CC(CN)CC2C)c1.Cl. The van der Waals surface area contributed by atoms with Gasteiger partial charge >= 0.3 is 0 Å². The van der Waals surface area contributed by atoms with Gasteiger partial charge in [0.2, 0.25) is 0 Å². The first kappa shape index (κ1) is 16.7. The van der Waals surface area contributed by atoms with Crippen molar-refractivity contribution < 1.29 is 4.79 Å². The molecular weight excluding hydrogens is 375 g/mol. The highest BCUT2D eigenvalue weighted by molar-refractivity contribution is 14.1. The minimum absolute atomic E-state index is 0. The maximum atomic E-state index is 12.6. The van der Waals surface area contributed by atoms with Crippen LogP contribution in [0.3, 0.4) is 0 Å². The van der Waals surface area contributed by atoms with E-state index in [0.717, 1.165) is 27.7 Å². The fraction of sp³-hybridized carbons (Fsp3) is 0.500. The van der Waals surface area contributed by atoms with Gasteiger partial charge in [0, 0.05) is 16.2 Å². The van der Waals surface area contributed by atoms with Crippen LogP contribution in [0.15, 0.2) is 18.2 Å². The van der Waals surface area contributed by atoms with E-state index in [1.165, 1.54) is 0 Å². The lowest BCUT2D eigenvalue weighted by Crippen LogP contribution is -2.34. The third kappa shape index (κ3) is 3.61. The Morgan fingerprint density at radius 1 is 1.53 bits per heavy atom. The summed E-state index contributed by atoms with van der Waals surface area (Å²) in [5, 5.41) is 0. The molecule has 2 rings (SSSR count). The van der Waals surface area contributed by atoms with Crippen molar-refractivity contribution in [3.63, 3.8) is 0 Å². The van der Waals surface area contributed by atoms with Gasteiger partial charge < -0.3 is 10.6 Å². The zero-order valence-electron chi connectivity index (χ0n) is 11.2. The molecule has 1 aromatic carbocycles. The zero-order chi connectivity index (χ0) is 13.3. The number of carbonyl (C=O) groups is 1. The Bertz CT molecular complexity index is 467. The molecule has 0 aliphatic carbocycles. The molecule has 2 unspecified atom stereocenters. The van der Waals surface area contributed by atoms with Gasteiger partial charge in [-0.05, 0) is 67.5 Å². The van der Waals surface area contributed by atoms with Crippen molar-refractivity contribution in [1.29, 1.82) is 0 Å². The van der Waals surface area contributed by atoms with Crippen LogP contribution in [-0.2, 0) is 0 Å². The van der Waals surface area contributed by atoms with Crippen molar-refractivity contribution in [3.8, 4) is 0 Å². The second-order valence-electron chi connectivity index (χ2n) is 5.13. The van der Waals surface area contributed by atoms with Crippen molar-refractivity contribution in [2.45, 2.75) is 26.3 Å². The third-order valence-electron chi connectivity index (χ3n) is 3.61.